The molecule has 1 aromatic heterocycles. The van der Waals surface area contributed by atoms with Crippen LogP contribution in [-0.4, -0.2) is 26.3 Å². The second-order valence-corrected chi connectivity index (χ2v) is 6.65. The predicted octanol–water partition coefficient (Wildman–Crippen LogP) is 2.79. The Bertz CT molecular complexity index is 589. The molecular formula is C13H15N3OS2. The van der Waals surface area contributed by atoms with Crippen molar-refractivity contribution in [3.63, 3.8) is 0 Å². The number of nitrogens with one attached hydrogen (secondary N) is 1. The summed E-state index contributed by atoms with van der Waals surface area (Å²) in [5.74, 6) is 1.97. The van der Waals surface area contributed by atoms with Gasteiger partial charge in [0.25, 0.3) is 0 Å². The van der Waals surface area contributed by atoms with Crippen LogP contribution in [0.1, 0.15) is 18.9 Å². The number of aromatic amines is 1. The van der Waals surface area contributed by atoms with Gasteiger partial charge in [-0.05, 0) is 25.0 Å². The van der Waals surface area contributed by atoms with Gasteiger partial charge in [-0.2, -0.15) is 0 Å². The molecule has 1 saturated carbocycles. The van der Waals surface area contributed by atoms with Crippen molar-refractivity contribution in [3.05, 3.63) is 40.8 Å². The lowest BCUT2D eigenvalue weighted by Gasteiger charge is -2.03. The fourth-order valence-corrected chi connectivity index (χ4v) is 3.77. The number of nitrogens with zero attached hydrogens (tertiary/aromatic N) is 2. The van der Waals surface area contributed by atoms with Crippen LogP contribution in [0.2, 0.25) is 0 Å². The van der Waals surface area contributed by atoms with E-state index in [-0.39, 0.29) is 5.69 Å². The van der Waals surface area contributed by atoms with Crippen molar-refractivity contribution in [2.45, 2.75) is 28.9 Å². The van der Waals surface area contributed by atoms with Gasteiger partial charge in [0.2, 0.25) is 0 Å². The minimum atomic E-state index is -0.0688. The third-order valence-corrected chi connectivity index (χ3v) is 5.14. The van der Waals surface area contributed by atoms with Gasteiger partial charge in [-0.1, -0.05) is 30.0 Å². The third-order valence-electron chi connectivity index (χ3n) is 2.91. The lowest BCUT2D eigenvalue weighted by Crippen LogP contribution is -2.16. The molecule has 0 radical (unpaired) electrons. The van der Waals surface area contributed by atoms with E-state index in [0.29, 0.717) is 6.04 Å². The number of H-pyrrole nitrogens is 1. The van der Waals surface area contributed by atoms with Crippen molar-refractivity contribution in [1.29, 1.82) is 0 Å². The van der Waals surface area contributed by atoms with E-state index in [1.165, 1.54) is 4.90 Å². The van der Waals surface area contributed by atoms with E-state index >= 15 is 0 Å². The zero-order valence-corrected chi connectivity index (χ0v) is 12.0. The average molecular weight is 293 g/mol. The first-order valence-electron chi connectivity index (χ1n) is 6.32. The second kappa shape index (κ2) is 5.88. The molecule has 1 fully saturated rings. The van der Waals surface area contributed by atoms with Crippen LogP contribution in [0.3, 0.4) is 0 Å². The van der Waals surface area contributed by atoms with Gasteiger partial charge in [0.15, 0.2) is 5.16 Å². The van der Waals surface area contributed by atoms with Crippen LogP contribution >= 0.6 is 23.5 Å². The molecule has 1 aromatic carbocycles. The van der Waals surface area contributed by atoms with Gasteiger partial charge in [-0.3, -0.25) is 4.57 Å². The molecule has 2 aromatic rings. The molecule has 0 unspecified atom stereocenters. The highest BCUT2D eigenvalue weighted by Crippen LogP contribution is 2.36. The molecule has 0 amide bonds. The maximum atomic E-state index is 11.6. The van der Waals surface area contributed by atoms with E-state index in [1.54, 1.807) is 16.3 Å². The van der Waals surface area contributed by atoms with Crippen LogP contribution < -0.4 is 5.69 Å². The van der Waals surface area contributed by atoms with Gasteiger partial charge >= 0.3 is 5.69 Å². The van der Waals surface area contributed by atoms with Crippen LogP contribution in [-0.2, 0) is 0 Å². The molecule has 0 atom stereocenters. The third kappa shape index (κ3) is 3.25. The van der Waals surface area contributed by atoms with Gasteiger partial charge in [0.1, 0.15) is 0 Å². The molecule has 100 valence electrons. The Labute approximate surface area is 120 Å². The molecule has 1 aliphatic rings. The molecule has 0 bridgehead atoms. The molecular weight excluding hydrogens is 278 g/mol. The summed E-state index contributed by atoms with van der Waals surface area (Å²) in [6.07, 6.45) is 2.21. The first-order chi connectivity index (χ1) is 9.34. The molecule has 4 nitrogen and oxygen atoms in total. The van der Waals surface area contributed by atoms with Crippen molar-refractivity contribution < 1.29 is 0 Å². The van der Waals surface area contributed by atoms with Crippen LogP contribution in [0.25, 0.3) is 0 Å². The average Bonchev–Trinajstić information content (AvgIpc) is 3.20. The number of thioether (sulfide) groups is 2. The van der Waals surface area contributed by atoms with Crippen molar-refractivity contribution in [3.8, 4) is 0 Å². The minimum Gasteiger partial charge on any atom is -0.267 e. The number of aromatic nitrogens is 3. The minimum absolute atomic E-state index is 0.0688. The van der Waals surface area contributed by atoms with Gasteiger partial charge in [0, 0.05) is 22.4 Å². The van der Waals surface area contributed by atoms with Gasteiger partial charge in [-0.15, -0.1) is 16.9 Å². The van der Waals surface area contributed by atoms with Crippen molar-refractivity contribution >= 4 is 23.5 Å². The molecule has 0 aliphatic heterocycles. The molecule has 3 rings (SSSR count). The van der Waals surface area contributed by atoms with E-state index in [9.17, 15) is 4.79 Å². The van der Waals surface area contributed by atoms with E-state index in [1.807, 2.05) is 30.0 Å². The summed E-state index contributed by atoms with van der Waals surface area (Å²) in [6.45, 7) is 0. The maximum absolute atomic E-state index is 11.6. The lowest BCUT2D eigenvalue weighted by molar-refractivity contribution is 0.643. The fraction of sp³-hybridized carbons (Fsp3) is 0.385. The van der Waals surface area contributed by atoms with Crippen LogP contribution in [0, 0.1) is 0 Å². The molecule has 6 heteroatoms. The fourth-order valence-electron chi connectivity index (χ4n) is 1.86. The Morgan fingerprint density at radius 1 is 1.21 bits per heavy atom. The van der Waals surface area contributed by atoms with Gasteiger partial charge in [-0.25, -0.2) is 9.89 Å². The van der Waals surface area contributed by atoms with E-state index in [2.05, 4.69) is 22.3 Å². The Morgan fingerprint density at radius 3 is 2.68 bits per heavy atom. The summed E-state index contributed by atoms with van der Waals surface area (Å²) in [7, 11) is 0. The highest BCUT2D eigenvalue weighted by atomic mass is 32.2. The quantitative estimate of drug-likeness (QED) is 0.657. The van der Waals surface area contributed by atoms with Gasteiger partial charge in [0.05, 0.1) is 0 Å². The Morgan fingerprint density at radius 2 is 1.95 bits per heavy atom. The summed E-state index contributed by atoms with van der Waals surface area (Å²) in [5.41, 5.74) is -0.0688. The molecule has 1 N–H and O–H groups in total. The molecule has 0 saturated heterocycles. The predicted molar refractivity (Wildman–Crippen MR) is 79.0 cm³/mol. The molecule has 0 spiro atoms. The zero-order valence-electron chi connectivity index (χ0n) is 10.4. The Hall–Kier alpha value is -1.14. The summed E-state index contributed by atoms with van der Waals surface area (Å²) >= 11 is 3.49. The Kier molecular flexibility index (Phi) is 3.98. The highest BCUT2D eigenvalue weighted by Gasteiger charge is 2.28. The largest absolute Gasteiger partial charge is 0.344 e. The van der Waals surface area contributed by atoms with Crippen molar-refractivity contribution in [2.24, 2.45) is 0 Å². The van der Waals surface area contributed by atoms with Crippen LogP contribution in [0.15, 0.2) is 45.2 Å². The smallest absolute Gasteiger partial charge is 0.267 e. The van der Waals surface area contributed by atoms with E-state index in [0.717, 1.165) is 29.5 Å². The maximum Gasteiger partial charge on any atom is 0.344 e. The van der Waals surface area contributed by atoms with Crippen LogP contribution in [0.4, 0.5) is 0 Å². The first-order valence-corrected chi connectivity index (χ1v) is 8.29. The number of hydrogen-bond acceptors (Lipinski definition) is 4. The van der Waals surface area contributed by atoms with E-state index < -0.39 is 0 Å². The number of hydrogen-bond donors (Lipinski definition) is 1. The van der Waals surface area contributed by atoms with Crippen LogP contribution in [0.5, 0.6) is 0 Å². The summed E-state index contributed by atoms with van der Waals surface area (Å²) in [5, 5.41) is 7.48. The normalized spacial score (nSPS) is 14.7. The number of benzene rings is 1. The SMILES string of the molecule is O=c1[nH]nc(SCCSc2ccccc2)n1C1CC1. The Balaban J connectivity index is 1.51. The number of rotatable bonds is 6. The zero-order chi connectivity index (χ0) is 13.1. The standard InChI is InChI=1S/C13H15N3OS2/c17-12-14-15-13(16(12)10-6-7-10)19-9-8-18-11-4-2-1-3-5-11/h1-5,10H,6-9H2,(H,14,17). The summed E-state index contributed by atoms with van der Waals surface area (Å²) in [6, 6.07) is 10.7. The second-order valence-electron chi connectivity index (χ2n) is 4.42. The monoisotopic (exact) mass is 293 g/mol. The van der Waals surface area contributed by atoms with Crippen molar-refractivity contribution in [1.82, 2.24) is 14.8 Å². The molecule has 1 aliphatic carbocycles. The summed E-state index contributed by atoms with van der Waals surface area (Å²) < 4.78 is 1.80. The topological polar surface area (TPSA) is 50.7 Å². The van der Waals surface area contributed by atoms with Crippen molar-refractivity contribution in [2.75, 3.05) is 11.5 Å². The first kappa shape index (κ1) is 12.9. The highest BCUT2D eigenvalue weighted by molar-refractivity contribution is 8.02. The van der Waals surface area contributed by atoms with E-state index in [4.69, 9.17) is 0 Å². The molecule has 1 heterocycles. The molecule has 19 heavy (non-hydrogen) atoms. The lowest BCUT2D eigenvalue weighted by atomic mass is 10.4. The summed E-state index contributed by atoms with van der Waals surface area (Å²) in [4.78, 5) is 12.9. The van der Waals surface area contributed by atoms with Gasteiger partial charge < -0.3 is 0 Å².